The Morgan fingerprint density at radius 1 is 0.452 bits per heavy atom. The highest BCUT2D eigenvalue weighted by Crippen LogP contribution is 2.00. The van der Waals surface area contributed by atoms with Crippen LogP contribution < -0.4 is 91.6 Å². The van der Waals surface area contributed by atoms with Gasteiger partial charge in [-0.2, -0.15) is 12.6 Å². The lowest BCUT2D eigenvalue weighted by atomic mass is 10.1. The van der Waals surface area contributed by atoms with Gasteiger partial charge in [0, 0.05) is 95.0 Å². The molecule has 23 N–H and O–H groups in total. The Kier molecular flexibility index (Phi) is 30.4. The van der Waals surface area contributed by atoms with Gasteiger partial charge in [0.25, 0.3) is 0 Å². The predicted octanol–water partition coefficient (Wildman–Crippen LogP) is -3.00. The van der Waals surface area contributed by atoms with E-state index in [1.165, 1.54) is 0 Å². The van der Waals surface area contributed by atoms with Crippen molar-refractivity contribution >= 4 is 66.6 Å². The van der Waals surface area contributed by atoms with Crippen molar-refractivity contribution in [3.63, 3.8) is 0 Å². The van der Waals surface area contributed by atoms with Gasteiger partial charge < -0.3 is 91.6 Å². The van der Waals surface area contributed by atoms with Crippen molar-refractivity contribution in [1.29, 1.82) is 16.2 Å². The quantitative estimate of drug-likeness (QED) is 0.0149. The first-order valence-electron chi connectivity index (χ1n) is 20.6. The number of urea groups is 5. The number of carbonyl (C=O) groups excluding carboxylic acids is 6. The highest BCUT2D eigenvalue weighted by atomic mass is 32.1. The van der Waals surface area contributed by atoms with Crippen molar-refractivity contribution in [1.82, 2.24) is 74.4 Å². The highest BCUT2D eigenvalue weighted by Gasteiger charge is 2.19. The second-order valence-electron chi connectivity index (χ2n) is 14.8. The van der Waals surface area contributed by atoms with Gasteiger partial charge in [0.2, 0.25) is 5.91 Å². The van der Waals surface area contributed by atoms with Gasteiger partial charge in [0.15, 0.2) is 17.9 Å². The summed E-state index contributed by atoms with van der Waals surface area (Å²) in [6.45, 7) is 8.59. The summed E-state index contributed by atoms with van der Waals surface area (Å²) in [4.78, 5) is 75.4. The van der Waals surface area contributed by atoms with Crippen LogP contribution in [0.5, 0.6) is 0 Å². The first-order valence-corrected chi connectivity index (χ1v) is 21.3. The third-order valence-electron chi connectivity index (χ3n) is 8.35. The zero-order chi connectivity index (χ0) is 46.9. The van der Waals surface area contributed by atoms with E-state index in [2.05, 4.69) is 87.1 Å². The van der Waals surface area contributed by atoms with E-state index in [1.807, 2.05) is 13.8 Å². The van der Waals surface area contributed by atoms with Crippen LogP contribution in [0.3, 0.4) is 0 Å². The number of nitrogens with one attached hydrogen (secondary N) is 17. The molecule has 27 heteroatoms. The largest absolute Gasteiger partial charge is 0.370 e. The van der Waals surface area contributed by atoms with Gasteiger partial charge in [-0.3, -0.25) is 21.0 Å². The Labute approximate surface area is 369 Å². The van der Waals surface area contributed by atoms with Crippen LogP contribution in [-0.2, 0) is 4.79 Å². The molecule has 0 aromatic carbocycles. The van der Waals surface area contributed by atoms with E-state index in [9.17, 15) is 28.8 Å². The molecule has 0 aliphatic carbocycles. The molecule has 26 nitrogen and oxygen atoms in total. The van der Waals surface area contributed by atoms with Crippen LogP contribution in [0.15, 0.2) is 0 Å². The standard InChI is InChI=1S/C35H74N20O6S/c1-21(2)50-31(57)47-18-24(8-5-12-42-28(36)37)55-35(61)49-20-26(10-7-14-44-30(40)41)54-34(60)46-17-23(4)52-32(58)48-19-25(9-6-13-43-29(38)39)53-33(59)45-16-22(3)51-27(56)11-15-62/h21-26,62H,5-20H2,1-4H3,(H,51,56)(H4,36,37,42)(H4,38,39,43)(H4,40,41,44)(H2,45,53,59)(H2,46,54,60)(H2,47,50,57)(H2,48,52,58)(H2,49,55,61)/t22?,23-,24-,25-,26-/m0/s1. The summed E-state index contributed by atoms with van der Waals surface area (Å²) < 4.78 is 0. The number of guanidine groups is 3. The molecule has 356 valence electrons. The van der Waals surface area contributed by atoms with Gasteiger partial charge in [-0.15, -0.1) is 0 Å². The Morgan fingerprint density at radius 2 is 0.758 bits per heavy atom. The maximum Gasteiger partial charge on any atom is 0.315 e. The topological polar surface area (TPSA) is 420 Å². The monoisotopic (exact) mass is 903 g/mol. The van der Waals surface area contributed by atoms with Crippen molar-refractivity contribution < 1.29 is 28.8 Å². The second kappa shape index (κ2) is 33.7. The molecule has 5 atom stereocenters. The van der Waals surface area contributed by atoms with E-state index < -0.39 is 48.3 Å². The average molecular weight is 903 g/mol. The van der Waals surface area contributed by atoms with E-state index in [4.69, 9.17) is 33.4 Å². The first kappa shape index (κ1) is 56.0. The van der Waals surface area contributed by atoms with E-state index in [0.29, 0.717) is 63.9 Å². The van der Waals surface area contributed by atoms with Crippen molar-refractivity contribution in [3.05, 3.63) is 0 Å². The third-order valence-corrected chi connectivity index (χ3v) is 8.57. The second-order valence-corrected chi connectivity index (χ2v) is 15.3. The molecule has 0 heterocycles. The van der Waals surface area contributed by atoms with E-state index >= 15 is 0 Å². The predicted molar refractivity (Wildman–Crippen MR) is 242 cm³/mol. The summed E-state index contributed by atoms with van der Waals surface area (Å²) in [5.74, 6) is -0.358. The fraction of sp³-hybridized carbons (Fsp3) is 0.743. The summed E-state index contributed by atoms with van der Waals surface area (Å²) in [5, 5.41) is 60.4. The average Bonchev–Trinajstić information content (AvgIpc) is 3.17. The first-order chi connectivity index (χ1) is 29.3. The van der Waals surface area contributed by atoms with Crippen molar-refractivity contribution in [2.75, 3.05) is 58.1 Å². The van der Waals surface area contributed by atoms with Crippen LogP contribution in [0.4, 0.5) is 24.0 Å². The minimum atomic E-state index is -0.563. The molecule has 0 saturated heterocycles. The molecule has 0 fully saturated rings. The third kappa shape index (κ3) is 33.8. The van der Waals surface area contributed by atoms with Crippen LogP contribution >= 0.6 is 12.6 Å². The van der Waals surface area contributed by atoms with Gasteiger partial charge in [0.1, 0.15) is 0 Å². The minimum Gasteiger partial charge on any atom is -0.370 e. The van der Waals surface area contributed by atoms with E-state index in [-0.39, 0.29) is 81.0 Å². The molecule has 0 rings (SSSR count). The summed E-state index contributed by atoms with van der Waals surface area (Å²) >= 11 is 4.04. The Hall–Kier alpha value is -6.02. The van der Waals surface area contributed by atoms with Crippen LogP contribution in [0, 0.1) is 16.2 Å². The number of carbonyl (C=O) groups is 6. The Bertz CT molecular complexity index is 1410. The van der Waals surface area contributed by atoms with Crippen LogP contribution in [0.1, 0.15) is 72.6 Å². The molecular formula is C35H74N20O6S. The van der Waals surface area contributed by atoms with E-state index in [0.717, 1.165) is 0 Å². The number of rotatable bonds is 30. The summed E-state index contributed by atoms with van der Waals surface area (Å²) in [6, 6.07) is -5.01. The smallest absolute Gasteiger partial charge is 0.315 e. The number of hydrogen-bond acceptors (Lipinski definition) is 10. The molecule has 0 saturated carbocycles. The van der Waals surface area contributed by atoms with Gasteiger partial charge in [-0.05, 0) is 72.0 Å². The Morgan fingerprint density at radius 3 is 1.08 bits per heavy atom. The fourth-order valence-electron chi connectivity index (χ4n) is 5.38. The molecule has 1 unspecified atom stereocenters. The molecule has 0 radical (unpaired) electrons. The normalized spacial score (nSPS) is 12.9. The SMILES string of the molecule is CC(C)NC(=O)NC[C@H](CCCNC(=N)N)NC(=O)NC[C@H](CCCNC(=N)N)NC(=O)NC[C@H](C)NC(=O)NC[C@H](CCCNC(=N)N)NC(=O)NCC(C)NC(=O)CCS. The molecule has 0 bridgehead atoms. The van der Waals surface area contributed by atoms with Gasteiger partial charge in [-0.25, -0.2) is 24.0 Å². The van der Waals surface area contributed by atoms with Crippen molar-refractivity contribution in [2.24, 2.45) is 17.2 Å². The molecule has 0 aromatic heterocycles. The Balaban J connectivity index is 5.23. The highest BCUT2D eigenvalue weighted by molar-refractivity contribution is 7.80. The number of hydrogen-bond donors (Lipinski definition) is 21. The van der Waals surface area contributed by atoms with Crippen LogP contribution in [0.25, 0.3) is 0 Å². The van der Waals surface area contributed by atoms with Gasteiger partial charge in [0.05, 0.1) is 0 Å². The number of amides is 11. The molecule has 0 aliphatic rings. The summed E-state index contributed by atoms with van der Waals surface area (Å²) in [5.41, 5.74) is 16.1. The van der Waals surface area contributed by atoms with Crippen LogP contribution in [-0.4, -0.2) is 148 Å². The summed E-state index contributed by atoms with van der Waals surface area (Å²) in [7, 11) is 0. The summed E-state index contributed by atoms with van der Waals surface area (Å²) in [6.07, 6.45) is 3.08. The maximum absolute atomic E-state index is 13.0. The zero-order valence-corrected chi connectivity index (χ0v) is 37.3. The van der Waals surface area contributed by atoms with Crippen molar-refractivity contribution in [2.45, 2.75) is 109 Å². The van der Waals surface area contributed by atoms with Gasteiger partial charge >= 0.3 is 30.2 Å². The molecule has 11 amide bonds. The minimum absolute atomic E-state index is 0.0272. The lowest BCUT2D eigenvalue weighted by molar-refractivity contribution is -0.121. The molecule has 0 aromatic rings. The number of nitrogens with two attached hydrogens (primary N) is 3. The maximum atomic E-state index is 13.0. The lowest BCUT2D eigenvalue weighted by Crippen LogP contribution is -2.54. The number of thiol groups is 1. The molecule has 0 aliphatic heterocycles. The van der Waals surface area contributed by atoms with Gasteiger partial charge in [-0.1, -0.05) is 0 Å². The van der Waals surface area contributed by atoms with E-state index in [1.54, 1.807) is 13.8 Å². The zero-order valence-electron chi connectivity index (χ0n) is 36.4. The van der Waals surface area contributed by atoms with Crippen molar-refractivity contribution in [3.8, 4) is 0 Å². The molecule has 62 heavy (non-hydrogen) atoms. The molecular weight excluding hydrogens is 829 g/mol. The van der Waals surface area contributed by atoms with Crippen LogP contribution in [0.2, 0.25) is 0 Å². The fourth-order valence-corrected chi connectivity index (χ4v) is 5.58. The lowest BCUT2D eigenvalue weighted by Gasteiger charge is -2.24. The molecule has 0 spiro atoms.